The number of fused-ring (bicyclic) bond motifs is 2. The second kappa shape index (κ2) is 10.1. The first-order valence-corrected chi connectivity index (χ1v) is 12.5. The summed E-state index contributed by atoms with van der Waals surface area (Å²) in [4.78, 5) is 29.6. The maximum Gasteiger partial charge on any atom is 0.263 e. The van der Waals surface area contributed by atoms with Crippen LogP contribution < -0.4 is 20.3 Å². The van der Waals surface area contributed by atoms with E-state index in [9.17, 15) is 9.59 Å². The molecule has 2 aromatic carbocycles. The fourth-order valence-corrected chi connectivity index (χ4v) is 5.77. The molecule has 2 atom stereocenters. The van der Waals surface area contributed by atoms with E-state index in [1.807, 2.05) is 18.2 Å². The number of aromatic nitrogens is 1. The molecule has 1 N–H and O–H groups in total. The molecule has 7 nitrogen and oxygen atoms in total. The third-order valence-electron chi connectivity index (χ3n) is 7.57. The molecule has 2 aliphatic heterocycles. The summed E-state index contributed by atoms with van der Waals surface area (Å²) in [5, 5.41) is 4.34. The number of nitrogens with zero attached hydrogens (tertiary/aromatic N) is 2. The van der Waals surface area contributed by atoms with Crippen molar-refractivity contribution in [2.45, 2.75) is 38.1 Å². The van der Waals surface area contributed by atoms with Crippen LogP contribution in [0, 0.1) is 5.92 Å². The van der Waals surface area contributed by atoms with Crippen molar-refractivity contribution in [1.29, 1.82) is 0 Å². The Morgan fingerprint density at radius 2 is 1.80 bits per heavy atom. The van der Waals surface area contributed by atoms with E-state index in [0.29, 0.717) is 52.0 Å². The first kappa shape index (κ1) is 23.4. The molecular weight excluding hydrogens is 442 g/mol. The molecule has 35 heavy (non-hydrogen) atoms. The molecule has 3 heterocycles. The van der Waals surface area contributed by atoms with Crippen LogP contribution >= 0.6 is 0 Å². The van der Waals surface area contributed by atoms with Crippen molar-refractivity contribution in [3.05, 3.63) is 64.6 Å². The number of ether oxygens (including phenoxy) is 2. The topological polar surface area (TPSA) is 72.8 Å². The maximum atomic E-state index is 13.5. The Bertz CT molecular complexity index is 1280. The number of hydrogen-bond donors (Lipinski definition) is 1. The van der Waals surface area contributed by atoms with Crippen molar-refractivity contribution in [1.82, 2.24) is 14.8 Å². The van der Waals surface area contributed by atoms with Gasteiger partial charge in [0.05, 0.1) is 25.5 Å². The van der Waals surface area contributed by atoms with Gasteiger partial charge in [-0.05, 0) is 62.9 Å². The zero-order valence-electron chi connectivity index (χ0n) is 20.5. The second-order valence-electron chi connectivity index (χ2n) is 9.51. The number of carbonyl (C=O) groups excluding carboxylic acids is 1. The molecular formula is C28H33N3O4. The second-order valence-corrected chi connectivity index (χ2v) is 9.51. The van der Waals surface area contributed by atoms with Crippen LogP contribution in [-0.4, -0.2) is 55.3 Å². The number of piperidine rings is 2. The van der Waals surface area contributed by atoms with Gasteiger partial charge in [-0.1, -0.05) is 24.6 Å². The highest BCUT2D eigenvalue weighted by molar-refractivity contribution is 6.06. The van der Waals surface area contributed by atoms with Crippen LogP contribution in [0.5, 0.6) is 11.5 Å². The van der Waals surface area contributed by atoms with E-state index in [0.717, 1.165) is 6.42 Å². The lowest BCUT2D eigenvalue weighted by atomic mass is 9.83. The number of pyridine rings is 1. The molecule has 0 aliphatic carbocycles. The number of benzene rings is 2. The van der Waals surface area contributed by atoms with Gasteiger partial charge < -0.3 is 19.7 Å². The highest BCUT2D eigenvalue weighted by Gasteiger charge is 2.33. The summed E-state index contributed by atoms with van der Waals surface area (Å²) in [6.07, 6.45) is 7.71. The van der Waals surface area contributed by atoms with E-state index in [-0.39, 0.29) is 11.5 Å². The number of rotatable bonds is 6. The molecule has 2 unspecified atom stereocenters. The predicted molar refractivity (Wildman–Crippen MR) is 137 cm³/mol. The molecule has 2 aliphatic rings. The van der Waals surface area contributed by atoms with Crippen LogP contribution in [0.2, 0.25) is 0 Å². The largest absolute Gasteiger partial charge is 0.497 e. The van der Waals surface area contributed by atoms with Crippen LogP contribution in [0.15, 0.2) is 53.5 Å². The standard InChI is InChI=1S/C28H33N3O4/c1-34-20-12-13-26(35-2)25(16-20)31-18-23(21-9-3-4-10-22(21)28(31)33)27(32)29-17-19-8-7-15-30-14-6-5-11-24(19)30/h3-4,9-10,12-13,16,18-19,24H,5-8,11,14-15,17H2,1-2H3,(H,29,32). The SMILES string of the molecule is COc1ccc(OC)c(-n2cc(C(=O)NCC3CCCN4CCCCC34)c3ccccc3c2=O)c1. The van der Waals surface area contributed by atoms with Crippen LogP contribution in [0.4, 0.5) is 0 Å². The molecule has 7 heteroatoms. The van der Waals surface area contributed by atoms with Crippen LogP contribution in [0.3, 0.4) is 0 Å². The van der Waals surface area contributed by atoms with Crippen molar-refractivity contribution in [2.75, 3.05) is 33.9 Å². The Morgan fingerprint density at radius 3 is 2.60 bits per heavy atom. The molecule has 0 bridgehead atoms. The molecule has 5 rings (SSSR count). The van der Waals surface area contributed by atoms with Gasteiger partial charge >= 0.3 is 0 Å². The molecule has 0 spiro atoms. The zero-order valence-corrected chi connectivity index (χ0v) is 20.5. The Balaban J connectivity index is 1.50. The lowest BCUT2D eigenvalue weighted by Gasteiger charge is -2.44. The van der Waals surface area contributed by atoms with Gasteiger partial charge in [-0.15, -0.1) is 0 Å². The van der Waals surface area contributed by atoms with Gasteiger partial charge in [0.25, 0.3) is 11.5 Å². The third-order valence-corrected chi connectivity index (χ3v) is 7.57. The van der Waals surface area contributed by atoms with Crippen LogP contribution in [-0.2, 0) is 0 Å². The first-order valence-electron chi connectivity index (χ1n) is 12.5. The van der Waals surface area contributed by atoms with Crippen molar-refractivity contribution in [2.24, 2.45) is 5.92 Å². The lowest BCUT2D eigenvalue weighted by molar-refractivity contribution is 0.0576. The molecule has 184 valence electrons. The normalized spacial score (nSPS) is 20.3. The summed E-state index contributed by atoms with van der Waals surface area (Å²) < 4.78 is 12.4. The summed E-state index contributed by atoms with van der Waals surface area (Å²) >= 11 is 0. The maximum absolute atomic E-state index is 13.5. The smallest absolute Gasteiger partial charge is 0.263 e. The average molecular weight is 476 g/mol. The highest BCUT2D eigenvalue weighted by Crippen LogP contribution is 2.31. The fourth-order valence-electron chi connectivity index (χ4n) is 5.77. The quantitative estimate of drug-likeness (QED) is 0.583. The minimum absolute atomic E-state index is 0.162. The number of hydrogen-bond acceptors (Lipinski definition) is 5. The van der Waals surface area contributed by atoms with E-state index in [4.69, 9.17) is 9.47 Å². The summed E-state index contributed by atoms with van der Waals surface area (Å²) in [5.74, 6) is 1.42. The van der Waals surface area contributed by atoms with E-state index in [1.165, 1.54) is 43.3 Å². The van der Waals surface area contributed by atoms with Crippen molar-refractivity contribution in [3.8, 4) is 17.2 Å². The third kappa shape index (κ3) is 4.52. The van der Waals surface area contributed by atoms with E-state index < -0.39 is 0 Å². The Hall–Kier alpha value is -3.32. The molecule has 2 fully saturated rings. The molecule has 0 saturated carbocycles. The summed E-state index contributed by atoms with van der Waals surface area (Å²) in [6.45, 7) is 3.00. The summed E-state index contributed by atoms with van der Waals surface area (Å²) in [7, 11) is 3.13. The number of methoxy groups -OCH3 is 2. The average Bonchev–Trinajstić information content (AvgIpc) is 2.91. The van der Waals surface area contributed by atoms with Gasteiger partial charge in [-0.25, -0.2) is 0 Å². The number of nitrogens with one attached hydrogen (secondary N) is 1. The molecule has 3 aromatic rings. The monoisotopic (exact) mass is 475 g/mol. The lowest BCUT2D eigenvalue weighted by Crippen LogP contribution is -2.51. The van der Waals surface area contributed by atoms with Gasteiger partial charge in [0.15, 0.2) is 0 Å². The molecule has 2 saturated heterocycles. The zero-order chi connectivity index (χ0) is 24.4. The minimum Gasteiger partial charge on any atom is -0.497 e. The van der Waals surface area contributed by atoms with Gasteiger partial charge in [0.1, 0.15) is 11.5 Å². The summed E-state index contributed by atoms with van der Waals surface area (Å²) in [5.41, 5.74) is 0.789. The van der Waals surface area contributed by atoms with E-state index >= 15 is 0 Å². The fraction of sp³-hybridized carbons (Fsp3) is 0.429. The van der Waals surface area contributed by atoms with Crippen LogP contribution in [0.1, 0.15) is 42.5 Å². The Morgan fingerprint density at radius 1 is 1.00 bits per heavy atom. The number of carbonyl (C=O) groups is 1. The summed E-state index contributed by atoms with van der Waals surface area (Å²) in [6, 6.07) is 13.1. The number of amides is 1. The van der Waals surface area contributed by atoms with Crippen molar-refractivity contribution >= 4 is 16.7 Å². The highest BCUT2D eigenvalue weighted by atomic mass is 16.5. The molecule has 1 aromatic heterocycles. The van der Waals surface area contributed by atoms with Gasteiger partial charge in [-0.2, -0.15) is 0 Å². The van der Waals surface area contributed by atoms with Crippen molar-refractivity contribution < 1.29 is 14.3 Å². The van der Waals surface area contributed by atoms with Gasteiger partial charge in [0, 0.05) is 35.6 Å². The van der Waals surface area contributed by atoms with Crippen LogP contribution in [0.25, 0.3) is 16.5 Å². The Labute approximate surface area is 205 Å². The Kier molecular flexibility index (Phi) is 6.77. The van der Waals surface area contributed by atoms with Gasteiger partial charge in [-0.3, -0.25) is 14.2 Å². The molecule has 1 amide bonds. The molecule has 0 radical (unpaired) electrons. The first-order chi connectivity index (χ1) is 17.1. The van der Waals surface area contributed by atoms with Crippen molar-refractivity contribution in [3.63, 3.8) is 0 Å². The predicted octanol–water partition coefficient (Wildman–Crippen LogP) is 4.00. The van der Waals surface area contributed by atoms with E-state index in [2.05, 4.69) is 10.2 Å². The van der Waals surface area contributed by atoms with Gasteiger partial charge in [0.2, 0.25) is 0 Å². The minimum atomic E-state index is -0.214. The van der Waals surface area contributed by atoms with E-state index in [1.54, 1.807) is 44.7 Å².